The summed E-state index contributed by atoms with van der Waals surface area (Å²) in [6.07, 6.45) is 5.24. The van der Waals surface area contributed by atoms with E-state index >= 15 is 0 Å². The number of amides is 2. The van der Waals surface area contributed by atoms with Gasteiger partial charge in [-0.2, -0.15) is 0 Å². The average Bonchev–Trinajstić information content (AvgIpc) is 2.31. The van der Waals surface area contributed by atoms with Crippen LogP contribution in [0.5, 0.6) is 0 Å². The van der Waals surface area contributed by atoms with E-state index in [2.05, 4.69) is 10.6 Å². The second kappa shape index (κ2) is 4.69. The van der Waals surface area contributed by atoms with Gasteiger partial charge < -0.3 is 15.7 Å². The summed E-state index contributed by atoms with van der Waals surface area (Å²) in [6.45, 7) is 1.60. The maximum absolute atomic E-state index is 12.0. The van der Waals surface area contributed by atoms with Gasteiger partial charge in [0.1, 0.15) is 6.04 Å². The lowest BCUT2D eigenvalue weighted by Gasteiger charge is -2.54. The molecule has 1 atom stereocenters. The molecule has 4 aliphatic rings. The summed E-state index contributed by atoms with van der Waals surface area (Å²) in [7, 11) is 0. The zero-order chi connectivity index (χ0) is 13.6. The highest BCUT2D eigenvalue weighted by molar-refractivity contribution is 5.85. The van der Waals surface area contributed by atoms with Crippen LogP contribution in [0.15, 0.2) is 0 Å². The zero-order valence-electron chi connectivity index (χ0n) is 11.3. The van der Waals surface area contributed by atoms with Crippen LogP contribution in [0.2, 0.25) is 0 Å². The van der Waals surface area contributed by atoms with E-state index in [0.29, 0.717) is 11.8 Å². The smallest absolute Gasteiger partial charge is 0.405 e. The molecule has 5 heteroatoms. The molecule has 0 saturated heterocycles. The number of hydrogen-bond donors (Lipinski definition) is 3. The molecule has 0 spiro atoms. The van der Waals surface area contributed by atoms with E-state index in [1.807, 2.05) is 0 Å². The first-order chi connectivity index (χ1) is 9.02. The molecule has 0 heterocycles. The van der Waals surface area contributed by atoms with E-state index in [1.54, 1.807) is 6.92 Å². The molecule has 0 radical (unpaired) electrons. The van der Waals surface area contributed by atoms with E-state index in [-0.39, 0.29) is 11.9 Å². The van der Waals surface area contributed by atoms with Crippen LogP contribution < -0.4 is 10.6 Å². The van der Waals surface area contributed by atoms with Gasteiger partial charge in [-0.3, -0.25) is 4.79 Å². The van der Waals surface area contributed by atoms with Crippen molar-refractivity contribution in [2.24, 2.45) is 23.7 Å². The summed E-state index contributed by atoms with van der Waals surface area (Å²) < 4.78 is 0. The van der Waals surface area contributed by atoms with Crippen molar-refractivity contribution in [2.75, 3.05) is 0 Å². The van der Waals surface area contributed by atoms with Crippen LogP contribution in [0.3, 0.4) is 0 Å². The van der Waals surface area contributed by atoms with Gasteiger partial charge in [-0.15, -0.1) is 0 Å². The summed E-state index contributed by atoms with van der Waals surface area (Å²) in [4.78, 5) is 22.6. The second-order valence-electron chi connectivity index (χ2n) is 6.64. The molecule has 4 fully saturated rings. The maximum Gasteiger partial charge on any atom is 0.405 e. The number of carbonyl (C=O) groups is 2. The predicted molar refractivity (Wildman–Crippen MR) is 69.6 cm³/mol. The number of rotatable bonds is 3. The number of carbonyl (C=O) groups excluding carboxylic acids is 1. The molecule has 19 heavy (non-hydrogen) atoms. The SMILES string of the molecule is CC(NC(=O)O)C(=O)NC1C2CC3CC(C2)CC1C3. The first-order valence-corrected chi connectivity index (χ1v) is 7.32. The van der Waals surface area contributed by atoms with Gasteiger partial charge in [-0.25, -0.2) is 4.79 Å². The minimum Gasteiger partial charge on any atom is -0.465 e. The Balaban J connectivity index is 1.61. The van der Waals surface area contributed by atoms with Crippen molar-refractivity contribution in [2.45, 2.75) is 51.1 Å². The fraction of sp³-hybridized carbons (Fsp3) is 0.857. The largest absolute Gasteiger partial charge is 0.465 e. The van der Waals surface area contributed by atoms with Gasteiger partial charge in [0.25, 0.3) is 0 Å². The molecule has 5 nitrogen and oxygen atoms in total. The highest BCUT2D eigenvalue weighted by Gasteiger charge is 2.48. The van der Waals surface area contributed by atoms with Gasteiger partial charge >= 0.3 is 6.09 Å². The number of carboxylic acid groups (broad SMARTS) is 1. The molecule has 4 saturated carbocycles. The molecule has 0 aromatic heterocycles. The Labute approximate surface area is 113 Å². The lowest BCUT2D eigenvalue weighted by molar-refractivity contribution is -0.126. The molecule has 0 aromatic carbocycles. The molecule has 4 aliphatic carbocycles. The van der Waals surface area contributed by atoms with Gasteiger partial charge in [-0.05, 0) is 62.7 Å². The average molecular weight is 266 g/mol. The third kappa shape index (κ3) is 2.42. The third-order valence-electron chi connectivity index (χ3n) is 5.27. The highest BCUT2D eigenvalue weighted by atomic mass is 16.4. The van der Waals surface area contributed by atoms with Crippen molar-refractivity contribution in [3.05, 3.63) is 0 Å². The Morgan fingerprint density at radius 1 is 1.05 bits per heavy atom. The van der Waals surface area contributed by atoms with E-state index in [9.17, 15) is 9.59 Å². The molecule has 4 bridgehead atoms. The van der Waals surface area contributed by atoms with Crippen molar-refractivity contribution in [3.63, 3.8) is 0 Å². The van der Waals surface area contributed by atoms with Crippen molar-refractivity contribution in [1.29, 1.82) is 0 Å². The second-order valence-corrected chi connectivity index (χ2v) is 6.64. The van der Waals surface area contributed by atoms with Crippen LogP contribution in [0.4, 0.5) is 4.79 Å². The third-order valence-corrected chi connectivity index (χ3v) is 5.27. The monoisotopic (exact) mass is 266 g/mol. The van der Waals surface area contributed by atoms with Crippen LogP contribution in [-0.2, 0) is 4.79 Å². The predicted octanol–water partition coefficient (Wildman–Crippen LogP) is 1.58. The van der Waals surface area contributed by atoms with Crippen LogP contribution in [0.25, 0.3) is 0 Å². The molecule has 1 unspecified atom stereocenters. The van der Waals surface area contributed by atoms with Crippen molar-refractivity contribution < 1.29 is 14.7 Å². The van der Waals surface area contributed by atoms with Gasteiger partial charge in [0.15, 0.2) is 0 Å². The quantitative estimate of drug-likeness (QED) is 0.725. The van der Waals surface area contributed by atoms with Crippen LogP contribution in [0, 0.1) is 23.7 Å². The molecule has 3 N–H and O–H groups in total. The Bertz CT molecular complexity index is 368. The van der Waals surface area contributed by atoms with Crippen LogP contribution in [0.1, 0.15) is 39.0 Å². The summed E-state index contributed by atoms with van der Waals surface area (Å²) in [5.41, 5.74) is 0. The van der Waals surface area contributed by atoms with Gasteiger partial charge in [0, 0.05) is 6.04 Å². The molecule has 0 aliphatic heterocycles. The molecular formula is C14H22N2O3. The van der Waals surface area contributed by atoms with E-state index < -0.39 is 12.1 Å². The maximum atomic E-state index is 12.0. The Morgan fingerprint density at radius 2 is 1.58 bits per heavy atom. The highest BCUT2D eigenvalue weighted by Crippen LogP contribution is 2.53. The summed E-state index contributed by atoms with van der Waals surface area (Å²) in [6, 6.07) is -0.395. The number of hydrogen-bond acceptors (Lipinski definition) is 2. The lowest BCUT2D eigenvalue weighted by atomic mass is 9.54. The fourth-order valence-corrected chi connectivity index (χ4v) is 4.70. The summed E-state index contributed by atoms with van der Waals surface area (Å²) in [5, 5.41) is 14.0. The zero-order valence-corrected chi connectivity index (χ0v) is 11.3. The van der Waals surface area contributed by atoms with Gasteiger partial charge in [0.2, 0.25) is 5.91 Å². The van der Waals surface area contributed by atoms with E-state index in [0.717, 1.165) is 11.8 Å². The van der Waals surface area contributed by atoms with Crippen molar-refractivity contribution in [3.8, 4) is 0 Å². The van der Waals surface area contributed by atoms with E-state index in [1.165, 1.54) is 32.1 Å². The summed E-state index contributed by atoms with van der Waals surface area (Å²) >= 11 is 0. The van der Waals surface area contributed by atoms with E-state index in [4.69, 9.17) is 5.11 Å². The Kier molecular flexibility index (Phi) is 3.15. The van der Waals surface area contributed by atoms with Gasteiger partial charge in [-0.1, -0.05) is 0 Å². The minimum atomic E-state index is -1.15. The van der Waals surface area contributed by atoms with Crippen molar-refractivity contribution >= 4 is 12.0 Å². The molecule has 2 amide bonds. The van der Waals surface area contributed by atoms with Gasteiger partial charge in [0.05, 0.1) is 0 Å². The Morgan fingerprint density at radius 3 is 2.05 bits per heavy atom. The van der Waals surface area contributed by atoms with Crippen LogP contribution >= 0.6 is 0 Å². The fourth-order valence-electron chi connectivity index (χ4n) is 4.70. The van der Waals surface area contributed by atoms with Crippen molar-refractivity contribution in [1.82, 2.24) is 10.6 Å². The lowest BCUT2D eigenvalue weighted by Crippen LogP contribution is -2.58. The summed E-state index contributed by atoms with van der Waals surface area (Å²) in [5.74, 6) is 2.82. The normalized spacial score (nSPS) is 40.8. The number of nitrogens with one attached hydrogen (secondary N) is 2. The molecule has 106 valence electrons. The molecule has 4 rings (SSSR count). The standard InChI is InChI=1S/C14H22N2O3/c1-7(15-14(18)19)13(17)16-12-10-3-8-2-9(5-10)6-11(12)4-8/h7-12,15H,2-6H2,1H3,(H,16,17)(H,18,19). The minimum absolute atomic E-state index is 0.181. The topological polar surface area (TPSA) is 78.4 Å². The first kappa shape index (κ1) is 12.8. The molecule has 0 aromatic rings. The van der Waals surface area contributed by atoms with Crippen LogP contribution in [-0.4, -0.2) is 29.2 Å². The first-order valence-electron chi connectivity index (χ1n) is 7.32. The molecular weight excluding hydrogens is 244 g/mol. The Hall–Kier alpha value is -1.26.